The lowest BCUT2D eigenvalue weighted by atomic mass is 10.1. The van der Waals surface area contributed by atoms with Crippen LogP contribution in [0.4, 0.5) is 0 Å². The van der Waals surface area contributed by atoms with Crippen molar-refractivity contribution in [1.82, 2.24) is 5.32 Å². The second-order valence-corrected chi connectivity index (χ2v) is 4.55. The van der Waals surface area contributed by atoms with Crippen LogP contribution in [-0.4, -0.2) is 24.6 Å². The Bertz CT molecular complexity index is 350. The number of para-hydroxylation sites is 1. The third-order valence-electron chi connectivity index (χ3n) is 2.33. The molecule has 0 bridgehead atoms. The van der Waals surface area contributed by atoms with E-state index in [1.807, 2.05) is 44.2 Å². The highest BCUT2D eigenvalue weighted by molar-refractivity contribution is 5.76. The molecule has 94 valence electrons. The van der Waals surface area contributed by atoms with E-state index in [1.165, 1.54) is 0 Å². The first-order chi connectivity index (χ1) is 8.03. The Balaban J connectivity index is 2.25. The number of amides is 1. The maximum Gasteiger partial charge on any atom is 0.223 e. The quantitative estimate of drug-likeness (QED) is 0.782. The van der Waals surface area contributed by atoms with Crippen LogP contribution in [0.15, 0.2) is 30.3 Å². The van der Waals surface area contributed by atoms with Crippen molar-refractivity contribution in [2.24, 2.45) is 5.73 Å². The Kier molecular flexibility index (Phi) is 4.97. The Morgan fingerprint density at radius 1 is 1.35 bits per heavy atom. The normalized spacial score (nSPS) is 11.0. The number of hydrogen-bond acceptors (Lipinski definition) is 3. The van der Waals surface area contributed by atoms with Gasteiger partial charge in [0, 0.05) is 12.1 Å². The summed E-state index contributed by atoms with van der Waals surface area (Å²) in [5.74, 6) is 0.731. The van der Waals surface area contributed by atoms with Gasteiger partial charge in [-0.1, -0.05) is 18.2 Å². The largest absolute Gasteiger partial charge is 0.493 e. The van der Waals surface area contributed by atoms with Crippen molar-refractivity contribution in [3.63, 3.8) is 0 Å². The van der Waals surface area contributed by atoms with Crippen LogP contribution in [0.2, 0.25) is 0 Å². The average molecular weight is 236 g/mol. The lowest BCUT2D eigenvalue weighted by Crippen LogP contribution is -2.49. The van der Waals surface area contributed by atoms with E-state index in [9.17, 15) is 4.79 Å². The first kappa shape index (κ1) is 13.5. The van der Waals surface area contributed by atoms with Crippen LogP contribution in [0.3, 0.4) is 0 Å². The summed E-state index contributed by atoms with van der Waals surface area (Å²) in [4.78, 5) is 11.6. The fourth-order valence-corrected chi connectivity index (χ4v) is 1.27. The average Bonchev–Trinajstić information content (AvgIpc) is 2.30. The Hall–Kier alpha value is -1.55. The van der Waals surface area contributed by atoms with E-state index in [4.69, 9.17) is 10.5 Å². The Morgan fingerprint density at radius 3 is 2.59 bits per heavy atom. The lowest BCUT2D eigenvalue weighted by Gasteiger charge is -2.24. The van der Waals surface area contributed by atoms with Gasteiger partial charge in [0.1, 0.15) is 5.75 Å². The molecule has 0 heterocycles. The summed E-state index contributed by atoms with van der Waals surface area (Å²) in [6, 6.07) is 9.44. The standard InChI is InChI=1S/C13H20N2O2/c1-13(2,10-14)15-12(16)8-9-17-11-6-4-3-5-7-11/h3-7H,8-10,14H2,1-2H3,(H,15,16). The lowest BCUT2D eigenvalue weighted by molar-refractivity contribution is -0.123. The summed E-state index contributed by atoms with van der Waals surface area (Å²) < 4.78 is 5.43. The van der Waals surface area contributed by atoms with Crippen molar-refractivity contribution in [3.05, 3.63) is 30.3 Å². The van der Waals surface area contributed by atoms with E-state index in [-0.39, 0.29) is 11.4 Å². The van der Waals surface area contributed by atoms with Crippen LogP contribution in [0.1, 0.15) is 20.3 Å². The minimum atomic E-state index is -0.357. The molecule has 0 spiro atoms. The molecule has 17 heavy (non-hydrogen) atoms. The molecule has 0 atom stereocenters. The zero-order valence-corrected chi connectivity index (χ0v) is 10.4. The minimum absolute atomic E-state index is 0.0450. The second kappa shape index (κ2) is 6.25. The van der Waals surface area contributed by atoms with Gasteiger partial charge in [-0.25, -0.2) is 0 Å². The zero-order chi connectivity index (χ0) is 12.7. The molecule has 0 aliphatic rings. The molecule has 0 fully saturated rings. The molecule has 3 N–H and O–H groups in total. The molecule has 4 heteroatoms. The molecule has 1 aromatic rings. The molecule has 0 unspecified atom stereocenters. The predicted molar refractivity (Wildman–Crippen MR) is 67.8 cm³/mol. The topological polar surface area (TPSA) is 64.3 Å². The molecule has 4 nitrogen and oxygen atoms in total. The molecular formula is C13H20N2O2. The number of nitrogens with one attached hydrogen (secondary N) is 1. The second-order valence-electron chi connectivity index (χ2n) is 4.55. The van der Waals surface area contributed by atoms with Gasteiger partial charge in [-0.15, -0.1) is 0 Å². The summed E-state index contributed by atoms with van der Waals surface area (Å²) in [7, 11) is 0. The van der Waals surface area contributed by atoms with Gasteiger partial charge in [0.05, 0.1) is 13.0 Å². The molecule has 1 aromatic carbocycles. The number of hydrogen-bond donors (Lipinski definition) is 2. The molecule has 1 rings (SSSR count). The van der Waals surface area contributed by atoms with Gasteiger partial charge >= 0.3 is 0 Å². The highest BCUT2D eigenvalue weighted by atomic mass is 16.5. The van der Waals surface area contributed by atoms with Crippen LogP contribution >= 0.6 is 0 Å². The van der Waals surface area contributed by atoms with Crippen LogP contribution in [0.5, 0.6) is 5.75 Å². The zero-order valence-electron chi connectivity index (χ0n) is 10.4. The maximum atomic E-state index is 11.6. The summed E-state index contributed by atoms with van der Waals surface area (Å²) in [6.45, 7) is 4.57. The van der Waals surface area contributed by atoms with Crippen molar-refractivity contribution in [1.29, 1.82) is 0 Å². The SMILES string of the molecule is CC(C)(CN)NC(=O)CCOc1ccccc1. The number of nitrogens with two attached hydrogens (primary N) is 1. The molecular weight excluding hydrogens is 216 g/mol. The fourth-order valence-electron chi connectivity index (χ4n) is 1.27. The van der Waals surface area contributed by atoms with Crippen LogP contribution in [-0.2, 0) is 4.79 Å². The van der Waals surface area contributed by atoms with Crippen molar-refractivity contribution in [2.45, 2.75) is 25.8 Å². The monoisotopic (exact) mass is 236 g/mol. The number of carbonyl (C=O) groups is 1. The number of carbonyl (C=O) groups excluding carboxylic acids is 1. The van der Waals surface area contributed by atoms with Gasteiger partial charge in [-0.3, -0.25) is 4.79 Å². The molecule has 0 saturated heterocycles. The molecule has 0 aliphatic carbocycles. The van der Waals surface area contributed by atoms with Crippen molar-refractivity contribution < 1.29 is 9.53 Å². The summed E-state index contributed by atoms with van der Waals surface area (Å²) >= 11 is 0. The first-order valence-electron chi connectivity index (χ1n) is 5.72. The van der Waals surface area contributed by atoms with Crippen LogP contribution < -0.4 is 15.8 Å². The van der Waals surface area contributed by atoms with E-state index in [2.05, 4.69) is 5.32 Å². The highest BCUT2D eigenvalue weighted by Crippen LogP contribution is 2.08. The van der Waals surface area contributed by atoms with Crippen molar-refractivity contribution in [3.8, 4) is 5.75 Å². The van der Waals surface area contributed by atoms with Gasteiger partial charge in [-0.05, 0) is 26.0 Å². The third kappa shape index (κ3) is 5.36. The van der Waals surface area contributed by atoms with Crippen LogP contribution in [0, 0.1) is 0 Å². The summed E-state index contributed by atoms with van der Waals surface area (Å²) in [6.07, 6.45) is 0.332. The Labute approximate surface area is 102 Å². The third-order valence-corrected chi connectivity index (χ3v) is 2.33. The van der Waals surface area contributed by atoms with Gasteiger partial charge < -0.3 is 15.8 Å². The van der Waals surface area contributed by atoms with Gasteiger partial charge in [-0.2, -0.15) is 0 Å². The first-order valence-corrected chi connectivity index (χ1v) is 5.72. The smallest absolute Gasteiger partial charge is 0.223 e. The van der Waals surface area contributed by atoms with E-state index < -0.39 is 0 Å². The van der Waals surface area contributed by atoms with E-state index in [0.29, 0.717) is 19.6 Å². The minimum Gasteiger partial charge on any atom is -0.493 e. The highest BCUT2D eigenvalue weighted by Gasteiger charge is 2.17. The van der Waals surface area contributed by atoms with Gasteiger partial charge in [0.15, 0.2) is 0 Å². The maximum absolute atomic E-state index is 11.6. The molecule has 0 aromatic heterocycles. The van der Waals surface area contributed by atoms with Gasteiger partial charge in [0.25, 0.3) is 0 Å². The van der Waals surface area contributed by atoms with Crippen molar-refractivity contribution in [2.75, 3.05) is 13.2 Å². The summed E-state index contributed by atoms with van der Waals surface area (Å²) in [5, 5.41) is 2.85. The molecule has 1 amide bonds. The van der Waals surface area contributed by atoms with Crippen molar-refractivity contribution >= 4 is 5.91 Å². The summed E-state index contributed by atoms with van der Waals surface area (Å²) in [5.41, 5.74) is 5.17. The molecule has 0 saturated carbocycles. The molecule has 0 radical (unpaired) electrons. The number of benzene rings is 1. The van der Waals surface area contributed by atoms with E-state index >= 15 is 0 Å². The van der Waals surface area contributed by atoms with Gasteiger partial charge in [0.2, 0.25) is 5.91 Å². The van der Waals surface area contributed by atoms with Crippen LogP contribution in [0.25, 0.3) is 0 Å². The number of rotatable bonds is 6. The van der Waals surface area contributed by atoms with E-state index in [1.54, 1.807) is 0 Å². The fraction of sp³-hybridized carbons (Fsp3) is 0.462. The predicted octanol–water partition coefficient (Wildman–Crippen LogP) is 1.31. The van der Waals surface area contributed by atoms with E-state index in [0.717, 1.165) is 5.75 Å². The Morgan fingerprint density at radius 2 is 2.00 bits per heavy atom. The molecule has 0 aliphatic heterocycles. The number of ether oxygens (including phenoxy) is 1.